The largest absolute Gasteiger partial charge is 0.508 e. The number of unbranched alkanes of at least 4 members (excludes halogenated alkanes) is 2. The fraction of sp³-hybridized carbons (Fsp3) is 0.533. The number of phenols is 2. The van der Waals surface area contributed by atoms with Crippen LogP contribution in [0.4, 0.5) is 0 Å². The van der Waals surface area contributed by atoms with E-state index in [9.17, 15) is 15.0 Å². The fourth-order valence-corrected chi connectivity index (χ4v) is 1.84. The summed E-state index contributed by atoms with van der Waals surface area (Å²) < 4.78 is 4.78. The van der Waals surface area contributed by atoms with Crippen molar-refractivity contribution in [1.82, 2.24) is 0 Å². The molecule has 0 amide bonds. The summed E-state index contributed by atoms with van der Waals surface area (Å²) in [4.78, 5) is 11.3. The summed E-state index contributed by atoms with van der Waals surface area (Å²) in [6.45, 7) is -0.611. The lowest BCUT2D eigenvalue weighted by Crippen LogP contribution is -2.21. The molecule has 118 valence electrons. The van der Waals surface area contributed by atoms with E-state index in [4.69, 9.17) is 14.9 Å². The van der Waals surface area contributed by atoms with Crippen LogP contribution in [0, 0.1) is 0 Å². The zero-order chi connectivity index (χ0) is 15.7. The number of carbonyl (C=O) groups excluding carboxylic acids is 1. The van der Waals surface area contributed by atoms with E-state index in [0.717, 1.165) is 18.4 Å². The van der Waals surface area contributed by atoms with Crippen molar-refractivity contribution in [3.8, 4) is 11.5 Å². The molecule has 4 N–H and O–H groups in total. The Morgan fingerprint density at radius 2 is 1.95 bits per heavy atom. The first kappa shape index (κ1) is 17.3. The normalized spacial score (nSPS) is 12.1. The van der Waals surface area contributed by atoms with E-state index in [0.29, 0.717) is 12.8 Å². The zero-order valence-corrected chi connectivity index (χ0v) is 11.9. The van der Waals surface area contributed by atoms with Crippen LogP contribution in [0.5, 0.6) is 11.5 Å². The number of phenolic OH excluding ortho intramolecular Hbond substituents is 2. The zero-order valence-electron chi connectivity index (χ0n) is 11.9. The van der Waals surface area contributed by atoms with Crippen LogP contribution in [0.2, 0.25) is 0 Å². The maximum atomic E-state index is 11.3. The number of aliphatic hydroxyl groups excluding tert-OH is 2. The number of hydrogen-bond donors (Lipinski definition) is 4. The molecule has 1 aromatic rings. The predicted octanol–water partition coefficient (Wildman–Crippen LogP) is 1.10. The molecule has 0 aliphatic rings. The molecule has 1 atom stereocenters. The van der Waals surface area contributed by atoms with E-state index in [1.165, 1.54) is 12.1 Å². The topological polar surface area (TPSA) is 107 Å². The molecule has 1 unspecified atom stereocenters. The number of ether oxygens (including phenoxy) is 1. The monoisotopic (exact) mass is 298 g/mol. The third-order valence-electron chi connectivity index (χ3n) is 3.04. The molecule has 0 radical (unpaired) electrons. The summed E-state index contributed by atoms with van der Waals surface area (Å²) in [5, 5.41) is 36.4. The Hall–Kier alpha value is -1.79. The van der Waals surface area contributed by atoms with Crippen molar-refractivity contribution < 1.29 is 30.0 Å². The highest BCUT2D eigenvalue weighted by atomic mass is 16.5. The average Bonchev–Trinajstić information content (AvgIpc) is 2.46. The summed E-state index contributed by atoms with van der Waals surface area (Å²) in [6.07, 6.45) is 2.19. The smallest absolute Gasteiger partial charge is 0.305 e. The summed E-state index contributed by atoms with van der Waals surface area (Å²) in [7, 11) is 0. The maximum absolute atomic E-state index is 11.3. The first-order valence-corrected chi connectivity index (χ1v) is 6.98. The van der Waals surface area contributed by atoms with Crippen LogP contribution in [-0.4, -0.2) is 45.7 Å². The predicted molar refractivity (Wildman–Crippen MR) is 76.0 cm³/mol. The molecular weight excluding hydrogens is 276 g/mol. The third-order valence-corrected chi connectivity index (χ3v) is 3.04. The SMILES string of the molecule is O=C(CCCCCc1ccc(O)cc1O)OCC(O)CO. The quantitative estimate of drug-likeness (QED) is 0.402. The van der Waals surface area contributed by atoms with Crippen LogP contribution in [0.25, 0.3) is 0 Å². The van der Waals surface area contributed by atoms with E-state index in [1.54, 1.807) is 6.07 Å². The van der Waals surface area contributed by atoms with E-state index >= 15 is 0 Å². The van der Waals surface area contributed by atoms with Crippen molar-refractivity contribution in [3.63, 3.8) is 0 Å². The van der Waals surface area contributed by atoms with Gasteiger partial charge in [-0.1, -0.05) is 12.5 Å². The van der Waals surface area contributed by atoms with Crippen molar-refractivity contribution >= 4 is 5.97 Å². The van der Waals surface area contributed by atoms with Crippen LogP contribution < -0.4 is 0 Å². The molecule has 21 heavy (non-hydrogen) atoms. The first-order chi connectivity index (χ1) is 10.0. The molecule has 1 aromatic carbocycles. The molecule has 6 heteroatoms. The number of aliphatic hydroxyl groups is 2. The highest BCUT2D eigenvalue weighted by Crippen LogP contribution is 2.24. The van der Waals surface area contributed by atoms with Gasteiger partial charge in [0.2, 0.25) is 0 Å². The second-order valence-corrected chi connectivity index (χ2v) is 4.89. The molecule has 0 aliphatic heterocycles. The lowest BCUT2D eigenvalue weighted by Gasteiger charge is -2.08. The number of aromatic hydroxyl groups is 2. The number of rotatable bonds is 9. The van der Waals surface area contributed by atoms with Crippen molar-refractivity contribution in [2.45, 2.75) is 38.2 Å². The number of carbonyl (C=O) groups is 1. The Morgan fingerprint density at radius 1 is 1.19 bits per heavy atom. The van der Waals surface area contributed by atoms with Crippen molar-refractivity contribution in [3.05, 3.63) is 23.8 Å². The van der Waals surface area contributed by atoms with Gasteiger partial charge in [0.05, 0.1) is 6.61 Å². The van der Waals surface area contributed by atoms with Gasteiger partial charge in [0.15, 0.2) is 0 Å². The highest BCUT2D eigenvalue weighted by Gasteiger charge is 2.08. The van der Waals surface area contributed by atoms with E-state index in [2.05, 4.69) is 0 Å². The molecule has 0 spiro atoms. The van der Waals surface area contributed by atoms with Crippen LogP contribution in [0.15, 0.2) is 18.2 Å². The van der Waals surface area contributed by atoms with Gasteiger partial charge in [-0.15, -0.1) is 0 Å². The minimum Gasteiger partial charge on any atom is -0.508 e. The van der Waals surface area contributed by atoms with E-state index in [-0.39, 0.29) is 24.5 Å². The Bertz CT molecular complexity index is 446. The Balaban J connectivity index is 2.13. The maximum Gasteiger partial charge on any atom is 0.305 e. The summed E-state index contributed by atoms with van der Waals surface area (Å²) in [5.74, 6) is -0.286. The molecule has 0 aromatic heterocycles. The standard InChI is InChI=1S/C15H22O6/c16-9-13(18)10-21-15(20)5-3-1-2-4-11-6-7-12(17)8-14(11)19/h6-8,13,16-19H,1-5,9-10H2. The molecule has 0 saturated heterocycles. The van der Waals surface area contributed by atoms with Crippen molar-refractivity contribution in [2.24, 2.45) is 0 Å². The highest BCUT2D eigenvalue weighted by molar-refractivity contribution is 5.69. The molecule has 0 heterocycles. The Kier molecular flexibility index (Phi) is 7.56. The fourth-order valence-electron chi connectivity index (χ4n) is 1.84. The molecule has 0 saturated carbocycles. The van der Waals surface area contributed by atoms with Gasteiger partial charge >= 0.3 is 5.97 Å². The van der Waals surface area contributed by atoms with E-state index in [1.807, 2.05) is 0 Å². The minimum atomic E-state index is -1.02. The van der Waals surface area contributed by atoms with Crippen molar-refractivity contribution in [1.29, 1.82) is 0 Å². The third kappa shape index (κ3) is 6.97. The van der Waals surface area contributed by atoms with Crippen LogP contribution in [-0.2, 0) is 16.0 Å². The van der Waals surface area contributed by atoms with Gasteiger partial charge < -0.3 is 25.2 Å². The van der Waals surface area contributed by atoms with Gasteiger partial charge in [0.1, 0.15) is 24.2 Å². The molecular formula is C15H22O6. The number of esters is 1. The second-order valence-electron chi connectivity index (χ2n) is 4.89. The van der Waals surface area contributed by atoms with Crippen LogP contribution in [0.3, 0.4) is 0 Å². The molecule has 0 bridgehead atoms. The minimum absolute atomic E-state index is 0.0315. The van der Waals surface area contributed by atoms with Crippen molar-refractivity contribution in [2.75, 3.05) is 13.2 Å². The number of benzene rings is 1. The van der Waals surface area contributed by atoms with Gasteiger partial charge in [0.25, 0.3) is 0 Å². The van der Waals surface area contributed by atoms with Gasteiger partial charge in [-0.3, -0.25) is 4.79 Å². The van der Waals surface area contributed by atoms with Gasteiger partial charge in [-0.2, -0.15) is 0 Å². The molecule has 6 nitrogen and oxygen atoms in total. The van der Waals surface area contributed by atoms with E-state index < -0.39 is 18.7 Å². The summed E-state index contributed by atoms with van der Waals surface area (Å²) in [5.41, 5.74) is 0.765. The summed E-state index contributed by atoms with van der Waals surface area (Å²) >= 11 is 0. The lowest BCUT2D eigenvalue weighted by molar-refractivity contribution is -0.147. The first-order valence-electron chi connectivity index (χ1n) is 6.98. The van der Waals surface area contributed by atoms with Crippen LogP contribution in [0.1, 0.15) is 31.2 Å². The summed E-state index contributed by atoms with van der Waals surface area (Å²) in [6, 6.07) is 4.51. The molecule has 0 fully saturated rings. The second kappa shape index (κ2) is 9.20. The lowest BCUT2D eigenvalue weighted by atomic mass is 10.1. The van der Waals surface area contributed by atoms with Gasteiger partial charge in [0, 0.05) is 12.5 Å². The number of aryl methyl sites for hydroxylation is 1. The van der Waals surface area contributed by atoms with Crippen LogP contribution >= 0.6 is 0 Å². The average molecular weight is 298 g/mol. The van der Waals surface area contributed by atoms with Gasteiger partial charge in [-0.25, -0.2) is 0 Å². The van der Waals surface area contributed by atoms with Gasteiger partial charge in [-0.05, 0) is 30.9 Å². The molecule has 0 aliphatic carbocycles. The molecule has 1 rings (SSSR count). The Labute approximate surface area is 123 Å². The Morgan fingerprint density at radius 3 is 2.62 bits per heavy atom. The number of hydrogen-bond acceptors (Lipinski definition) is 6.